The van der Waals surface area contributed by atoms with Crippen molar-refractivity contribution < 1.29 is 8.83 Å². The summed E-state index contributed by atoms with van der Waals surface area (Å²) < 4.78 is 15.2. The zero-order valence-corrected chi connectivity index (χ0v) is 30.4. The number of benzene rings is 8. The summed E-state index contributed by atoms with van der Waals surface area (Å²) in [5.74, 6) is 1.72. The molecule has 0 saturated heterocycles. The highest BCUT2D eigenvalue weighted by Gasteiger charge is 2.21. The van der Waals surface area contributed by atoms with Crippen LogP contribution in [0.1, 0.15) is 0 Å². The van der Waals surface area contributed by atoms with E-state index in [1.54, 1.807) is 0 Å². The van der Waals surface area contributed by atoms with Crippen molar-refractivity contribution in [3.8, 4) is 51.0 Å². The molecule has 4 heterocycles. The van der Waals surface area contributed by atoms with Gasteiger partial charge in [0.25, 0.3) is 0 Å². The number of rotatable bonds is 5. The van der Waals surface area contributed by atoms with Crippen molar-refractivity contribution in [1.29, 1.82) is 0 Å². The molecule has 0 N–H and O–H groups in total. The molecule has 0 aliphatic carbocycles. The van der Waals surface area contributed by atoms with Crippen LogP contribution in [-0.2, 0) is 0 Å². The molecule has 0 unspecified atom stereocenters. The van der Waals surface area contributed by atoms with Crippen LogP contribution in [-0.4, -0.2) is 19.5 Å². The Morgan fingerprint density at radius 1 is 0.333 bits per heavy atom. The van der Waals surface area contributed by atoms with Gasteiger partial charge in [-0.1, -0.05) is 115 Å². The van der Waals surface area contributed by atoms with Crippen LogP contribution in [0.3, 0.4) is 0 Å². The van der Waals surface area contributed by atoms with Crippen molar-refractivity contribution in [3.63, 3.8) is 0 Å². The maximum Gasteiger partial charge on any atom is 0.164 e. The summed E-state index contributed by atoms with van der Waals surface area (Å²) in [5.41, 5.74) is 11.4. The molecule has 0 amide bonds. The quantitative estimate of drug-likeness (QED) is 0.176. The van der Waals surface area contributed by atoms with Gasteiger partial charge >= 0.3 is 0 Å². The van der Waals surface area contributed by atoms with E-state index in [1.807, 2.05) is 48.5 Å². The fourth-order valence-electron chi connectivity index (χ4n) is 8.42. The van der Waals surface area contributed by atoms with Gasteiger partial charge in [0.05, 0.1) is 11.0 Å². The predicted molar refractivity (Wildman–Crippen MR) is 230 cm³/mol. The first kappa shape index (κ1) is 31.5. The third kappa shape index (κ3) is 5.01. The molecule has 8 aromatic carbocycles. The van der Waals surface area contributed by atoms with Gasteiger partial charge in [0, 0.05) is 54.7 Å². The Morgan fingerprint density at radius 2 is 0.965 bits per heavy atom. The number of hydrogen-bond donors (Lipinski definition) is 0. The number of aromatic nitrogens is 4. The van der Waals surface area contributed by atoms with Crippen molar-refractivity contribution in [2.24, 2.45) is 0 Å². The topological polar surface area (TPSA) is 69.9 Å². The van der Waals surface area contributed by atoms with Gasteiger partial charge in [-0.15, -0.1) is 0 Å². The van der Waals surface area contributed by atoms with Crippen LogP contribution in [0.15, 0.2) is 191 Å². The van der Waals surface area contributed by atoms with Crippen molar-refractivity contribution in [1.82, 2.24) is 19.5 Å². The molecule has 0 atom stereocenters. The third-order valence-corrected chi connectivity index (χ3v) is 11.0. The van der Waals surface area contributed by atoms with Gasteiger partial charge in [-0.25, -0.2) is 15.0 Å². The maximum absolute atomic E-state index is 6.67. The Hall–Kier alpha value is -7.83. The van der Waals surface area contributed by atoms with Crippen molar-refractivity contribution in [2.45, 2.75) is 0 Å². The minimum Gasteiger partial charge on any atom is -0.456 e. The van der Waals surface area contributed by atoms with E-state index in [2.05, 4.69) is 138 Å². The van der Waals surface area contributed by atoms with Gasteiger partial charge in [-0.05, 0) is 77.9 Å². The molecule has 0 radical (unpaired) electrons. The average Bonchev–Trinajstić information content (AvgIpc) is 3.95. The molecule has 266 valence electrons. The summed E-state index contributed by atoms with van der Waals surface area (Å²) in [6, 6.07) is 62.7. The van der Waals surface area contributed by atoms with Gasteiger partial charge in [-0.2, -0.15) is 0 Å². The standard InChI is InChI=1S/C51H30N4O2/c1-3-13-31(14-4-1)32-15-11-16-33(27-32)49-52-50(34-25-26-45-40(28-34)37-20-8-10-23-44(37)56-45)54-51(53-49)38-21-12-24-46-48(38)41-29-43-39(30-47(41)57-46)36-19-7-9-22-42(36)55(43)35-17-5-2-6-18-35/h1-30H. The highest BCUT2D eigenvalue weighted by Crippen LogP contribution is 2.42. The van der Waals surface area contributed by atoms with Gasteiger partial charge in [0.15, 0.2) is 17.5 Å². The summed E-state index contributed by atoms with van der Waals surface area (Å²) in [6.45, 7) is 0. The van der Waals surface area contributed by atoms with Crippen LogP contribution in [0.2, 0.25) is 0 Å². The molecule has 57 heavy (non-hydrogen) atoms. The Labute approximate surface area is 325 Å². The lowest BCUT2D eigenvalue weighted by Gasteiger charge is -2.11. The fourth-order valence-corrected chi connectivity index (χ4v) is 8.42. The second kappa shape index (κ2) is 12.3. The first-order valence-electron chi connectivity index (χ1n) is 19.0. The molecule has 0 saturated carbocycles. The minimum atomic E-state index is 0.564. The molecule has 6 nitrogen and oxygen atoms in total. The minimum absolute atomic E-state index is 0.564. The average molecular weight is 731 g/mol. The monoisotopic (exact) mass is 730 g/mol. The van der Waals surface area contributed by atoms with E-state index in [0.29, 0.717) is 17.5 Å². The molecular weight excluding hydrogens is 701 g/mol. The molecule has 0 spiro atoms. The number of hydrogen-bond acceptors (Lipinski definition) is 5. The highest BCUT2D eigenvalue weighted by molar-refractivity contribution is 6.19. The predicted octanol–water partition coefficient (Wildman–Crippen LogP) is 13.4. The second-order valence-electron chi connectivity index (χ2n) is 14.4. The van der Waals surface area contributed by atoms with Crippen LogP contribution in [0.5, 0.6) is 0 Å². The van der Waals surface area contributed by atoms with E-state index < -0.39 is 0 Å². The second-order valence-corrected chi connectivity index (χ2v) is 14.4. The van der Waals surface area contributed by atoms with E-state index in [4.69, 9.17) is 23.8 Å². The lowest BCUT2D eigenvalue weighted by atomic mass is 10.0. The summed E-state index contributed by atoms with van der Waals surface area (Å²) in [7, 11) is 0. The molecule has 0 bridgehead atoms. The summed E-state index contributed by atoms with van der Waals surface area (Å²) in [6.07, 6.45) is 0. The fraction of sp³-hybridized carbons (Fsp3) is 0. The lowest BCUT2D eigenvalue weighted by molar-refractivity contribution is 0.668. The van der Waals surface area contributed by atoms with Crippen molar-refractivity contribution in [3.05, 3.63) is 182 Å². The lowest BCUT2D eigenvalue weighted by Crippen LogP contribution is -2.00. The Balaban J connectivity index is 1.11. The van der Waals surface area contributed by atoms with Crippen LogP contribution in [0, 0.1) is 0 Å². The van der Waals surface area contributed by atoms with E-state index in [1.165, 1.54) is 5.39 Å². The summed E-state index contributed by atoms with van der Waals surface area (Å²) in [4.78, 5) is 15.7. The van der Waals surface area contributed by atoms with Crippen LogP contribution in [0.4, 0.5) is 0 Å². The number of fused-ring (bicyclic) bond motifs is 9. The molecular formula is C51H30N4O2. The summed E-state index contributed by atoms with van der Waals surface area (Å²) >= 11 is 0. The van der Waals surface area contributed by atoms with E-state index in [9.17, 15) is 0 Å². The Morgan fingerprint density at radius 3 is 1.82 bits per heavy atom. The van der Waals surface area contributed by atoms with E-state index >= 15 is 0 Å². The van der Waals surface area contributed by atoms with Gasteiger partial charge in [0.1, 0.15) is 22.3 Å². The Bertz CT molecular complexity index is 3530. The van der Waals surface area contributed by atoms with E-state index in [-0.39, 0.29) is 0 Å². The molecule has 4 aromatic heterocycles. The zero-order chi connectivity index (χ0) is 37.5. The maximum atomic E-state index is 6.67. The first-order chi connectivity index (χ1) is 28.2. The molecule has 6 heteroatoms. The number of furan rings is 2. The molecule has 0 aliphatic rings. The van der Waals surface area contributed by atoms with Crippen LogP contribution >= 0.6 is 0 Å². The van der Waals surface area contributed by atoms with Gasteiger partial charge in [0.2, 0.25) is 0 Å². The van der Waals surface area contributed by atoms with Crippen LogP contribution < -0.4 is 0 Å². The third-order valence-electron chi connectivity index (χ3n) is 11.0. The SMILES string of the molecule is c1ccc(-c2cccc(-c3nc(-c4ccc5oc6ccccc6c5c4)nc(-c4cccc5oc6cc7c8ccccc8n(-c8ccccc8)c7cc6c45)n3)c2)cc1. The van der Waals surface area contributed by atoms with Gasteiger partial charge in [-0.3, -0.25) is 0 Å². The number of nitrogens with zero attached hydrogens (tertiary/aromatic N) is 4. The van der Waals surface area contributed by atoms with Crippen molar-refractivity contribution >= 4 is 65.7 Å². The van der Waals surface area contributed by atoms with Crippen LogP contribution in [0.25, 0.3) is 117 Å². The first-order valence-corrected chi connectivity index (χ1v) is 19.0. The normalized spacial score (nSPS) is 11.9. The smallest absolute Gasteiger partial charge is 0.164 e. The highest BCUT2D eigenvalue weighted by atomic mass is 16.3. The van der Waals surface area contributed by atoms with Gasteiger partial charge < -0.3 is 13.4 Å². The van der Waals surface area contributed by atoms with Crippen molar-refractivity contribution in [2.75, 3.05) is 0 Å². The van der Waals surface area contributed by atoms with E-state index in [0.717, 1.165) is 93.8 Å². The molecule has 0 fully saturated rings. The summed E-state index contributed by atoms with van der Waals surface area (Å²) in [5, 5.41) is 6.32. The molecule has 12 rings (SSSR count). The Kier molecular flexibility index (Phi) is 6.83. The molecule has 0 aliphatic heterocycles. The largest absolute Gasteiger partial charge is 0.456 e. The zero-order valence-electron chi connectivity index (χ0n) is 30.4. The molecule has 12 aromatic rings. The number of para-hydroxylation sites is 3.